The van der Waals surface area contributed by atoms with Crippen LogP contribution in [-0.4, -0.2) is 16.3 Å². The Kier molecular flexibility index (Phi) is 1.88. The summed E-state index contributed by atoms with van der Waals surface area (Å²) in [5, 5.41) is 9.34. The van der Waals surface area contributed by atoms with Crippen molar-refractivity contribution >= 4 is 15.9 Å². The summed E-state index contributed by atoms with van der Waals surface area (Å²) in [6, 6.07) is 0. The van der Waals surface area contributed by atoms with E-state index in [1.807, 2.05) is 0 Å². The van der Waals surface area contributed by atoms with Gasteiger partial charge in [-0.25, -0.2) is 4.39 Å². The van der Waals surface area contributed by atoms with Gasteiger partial charge in [-0.05, 0) is 21.5 Å². The number of halogens is 2. The number of alkyl halides is 1. The number of aliphatic hydroxyl groups excluding tert-OH is 1. The first-order chi connectivity index (χ1) is 5.70. The molecule has 0 saturated carbocycles. The van der Waals surface area contributed by atoms with Crippen LogP contribution in [0.4, 0.5) is 4.39 Å². The first kappa shape index (κ1) is 8.13. The lowest BCUT2D eigenvalue weighted by atomic mass is 10.2. The second-order valence-corrected chi connectivity index (χ2v) is 3.71. The monoisotopic (exact) mass is 231 g/mol. The van der Waals surface area contributed by atoms with Crippen molar-refractivity contribution in [2.24, 2.45) is 0 Å². The molecule has 2 unspecified atom stereocenters. The summed E-state index contributed by atoms with van der Waals surface area (Å²) in [4.78, 5) is 3.87. The molecule has 0 amide bonds. The van der Waals surface area contributed by atoms with Crippen molar-refractivity contribution < 1.29 is 9.50 Å². The molecule has 1 N–H and O–H groups in total. The van der Waals surface area contributed by atoms with Gasteiger partial charge >= 0.3 is 0 Å². The van der Waals surface area contributed by atoms with Gasteiger partial charge in [0.1, 0.15) is 12.3 Å². The molecule has 0 aromatic carbocycles. The van der Waals surface area contributed by atoms with Gasteiger partial charge in [0.2, 0.25) is 0 Å². The van der Waals surface area contributed by atoms with Gasteiger partial charge in [0.15, 0.2) is 0 Å². The second kappa shape index (κ2) is 2.78. The van der Waals surface area contributed by atoms with E-state index in [-0.39, 0.29) is 6.42 Å². The number of fused-ring (bicyclic) bond motifs is 1. The minimum absolute atomic E-state index is 0.277. The van der Waals surface area contributed by atoms with E-state index in [1.165, 1.54) is 6.20 Å². The lowest BCUT2D eigenvalue weighted by Gasteiger charge is -2.04. The normalized spacial score (nSPS) is 27.2. The molecular formula is C8H7BrFNO. The fourth-order valence-electron chi connectivity index (χ4n) is 1.45. The molecule has 0 fully saturated rings. The quantitative estimate of drug-likeness (QED) is 0.739. The molecule has 1 aromatic rings. The van der Waals surface area contributed by atoms with Crippen LogP contribution in [0.25, 0.3) is 0 Å². The summed E-state index contributed by atoms with van der Waals surface area (Å²) in [5.41, 5.74) is 1.45. The third-order valence-corrected chi connectivity index (χ3v) is 2.78. The average Bonchev–Trinajstić information content (AvgIpc) is 2.32. The molecule has 2 nitrogen and oxygen atoms in total. The molecule has 64 valence electrons. The largest absolute Gasteiger partial charge is 0.385 e. The Labute approximate surface area is 77.6 Å². The Morgan fingerprint density at radius 1 is 1.58 bits per heavy atom. The minimum Gasteiger partial charge on any atom is -0.385 e. The van der Waals surface area contributed by atoms with Crippen molar-refractivity contribution in [2.45, 2.75) is 18.7 Å². The fraction of sp³-hybridized carbons (Fsp3) is 0.375. The van der Waals surface area contributed by atoms with Gasteiger partial charge in [-0.15, -0.1) is 0 Å². The highest BCUT2D eigenvalue weighted by atomic mass is 79.9. The lowest BCUT2D eigenvalue weighted by molar-refractivity contribution is 0.0924. The number of pyridine rings is 1. The van der Waals surface area contributed by atoms with Crippen LogP contribution in [0.2, 0.25) is 0 Å². The number of rotatable bonds is 0. The van der Waals surface area contributed by atoms with Crippen molar-refractivity contribution in [3.8, 4) is 0 Å². The number of hydrogen-bond donors (Lipinski definition) is 1. The first-order valence-electron chi connectivity index (χ1n) is 3.64. The summed E-state index contributed by atoms with van der Waals surface area (Å²) in [6.45, 7) is 0. The van der Waals surface area contributed by atoms with Gasteiger partial charge in [0.25, 0.3) is 0 Å². The third kappa shape index (κ3) is 1.06. The van der Waals surface area contributed by atoms with Crippen LogP contribution in [-0.2, 0) is 6.42 Å². The van der Waals surface area contributed by atoms with E-state index in [4.69, 9.17) is 0 Å². The average molecular weight is 232 g/mol. The van der Waals surface area contributed by atoms with Crippen LogP contribution in [0.1, 0.15) is 17.2 Å². The second-order valence-electron chi connectivity index (χ2n) is 2.85. The summed E-state index contributed by atoms with van der Waals surface area (Å²) < 4.78 is 13.8. The van der Waals surface area contributed by atoms with Crippen LogP contribution >= 0.6 is 15.9 Å². The van der Waals surface area contributed by atoms with Gasteiger partial charge in [-0.3, -0.25) is 4.98 Å². The van der Waals surface area contributed by atoms with Gasteiger partial charge in [0.05, 0.1) is 0 Å². The van der Waals surface area contributed by atoms with E-state index < -0.39 is 12.3 Å². The predicted molar refractivity (Wildman–Crippen MR) is 45.5 cm³/mol. The lowest BCUT2D eigenvalue weighted by Crippen LogP contribution is -2.06. The predicted octanol–water partition coefficient (Wildman–Crippen LogP) is 1.77. The molecule has 0 bridgehead atoms. The molecule has 0 aliphatic heterocycles. The van der Waals surface area contributed by atoms with E-state index in [0.717, 1.165) is 10.0 Å². The Morgan fingerprint density at radius 2 is 2.33 bits per heavy atom. The third-order valence-electron chi connectivity index (χ3n) is 2.10. The van der Waals surface area contributed by atoms with Gasteiger partial charge < -0.3 is 5.11 Å². The van der Waals surface area contributed by atoms with E-state index in [1.54, 1.807) is 6.20 Å². The van der Waals surface area contributed by atoms with Gasteiger partial charge in [-0.1, -0.05) is 0 Å². The smallest absolute Gasteiger partial charge is 0.134 e. The summed E-state index contributed by atoms with van der Waals surface area (Å²) >= 11 is 3.26. The van der Waals surface area contributed by atoms with Crippen molar-refractivity contribution in [1.82, 2.24) is 4.98 Å². The zero-order valence-corrected chi connectivity index (χ0v) is 7.75. The molecule has 1 aliphatic rings. The Hall–Kier alpha value is -0.480. The Balaban J connectivity index is 2.53. The van der Waals surface area contributed by atoms with Gasteiger partial charge in [-0.2, -0.15) is 0 Å². The Bertz CT molecular complexity index is 318. The highest BCUT2D eigenvalue weighted by Gasteiger charge is 2.32. The van der Waals surface area contributed by atoms with E-state index in [0.29, 0.717) is 5.56 Å². The van der Waals surface area contributed by atoms with Crippen molar-refractivity contribution in [3.05, 3.63) is 28.0 Å². The molecule has 0 spiro atoms. The molecule has 0 radical (unpaired) electrons. The summed E-state index contributed by atoms with van der Waals surface area (Å²) in [5.74, 6) is 0. The fourth-order valence-corrected chi connectivity index (χ4v) is 1.96. The zero-order valence-electron chi connectivity index (χ0n) is 6.17. The molecule has 4 heteroatoms. The number of nitrogens with zero attached hydrogens (tertiary/aromatic N) is 1. The first-order valence-corrected chi connectivity index (χ1v) is 4.44. The van der Waals surface area contributed by atoms with Crippen LogP contribution < -0.4 is 0 Å². The summed E-state index contributed by atoms with van der Waals surface area (Å²) in [6.07, 6.45) is 1.23. The van der Waals surface area contributed by atoms with Crippen molar-refractivity contribution in [3.63, 3.8) is 0 Å². The SMILES string of the molecule is OC1c2cncc(Br)c2CC1F. The topological polar surface area (TPSA) is 33.1 Å². The maximum Gasteiger partial charge on any atom is 0.134 e. The van der Waals surface area contributed by atoms with Crippen molar-refractivity contribution in [1.29, 1.82) is 0 Å². The Morgan fingerprint density at radius 3 is 3.00 bits per heavy atom. The molecular weight excluding hydrogens is 225 g/mol. The summed E-state index contributed by atoms with van der Waals surface area (Å²) in [7, 11) is 0. The minimum atomic E-state index is -1.18. The number of aromatic nitrogens is 1. The van der Waals surface area contributed by atoms with Crippen LogP contribution in [0, 0.1) is 0 Å². The molecule has 0 saturated heterocycles. The highest BCUT2D eigenvalue weighted by molar-refractivity contribution is 9.10. The van der Waals surface area contributed by atoms with Gasteiger partial charge in [0, 0.05) is 28.9 Å². The molecule has 1 aromatic heterocycles. The highest BCUT2D eigenvalue weighted by Crippen LogP contribution is 2.36. The molecule has 1 aliphatic carbocycles. The van der Waals surface area contributed by atoms with Crippen molar-refractivity contribution in [2.75, 3.05) is 0 Å². The molecule has 12 heavy (non-hydrogen) atoms. The van der Waals surface area contributed by atoms with Crippen LogP contribution in [0.15, 0.2) is 16.9 Å². The molecule has 2 atom stereocenters. The van der Waals surface area contributed by atoms with Crippen LogP contribution in [0.5, 0.6) is 0 Å². The van der Waals surface area contributed by atoms with E-state index in [2.05, 4.69) is 20.9 Å². The van der Waals surface area contributed by atoms with E-state index >= 15 is 0 Å². The van der Waals surface area contributed by atoms with Crippen LogP contribution in [0.3, 0.4) is 0 Å². The zero-order chi connectivity index (χ0) is 8.72. The molecule has 2 rings (SSSR count). The standard InChI is InChI=1S/C8H7BrFNO/c9-6-3-11-2-5-4(6)1-7(10)8(5)12/h2-3,7-8,12H,1H2. The maximum absolute atomic E-state index is 13.0. The van der Waals surface area contributed by atoms with E-state index in [9.17, 15) is 9.50 Å². The number of aliphatic hydroxyl groups is 1. The molecule has 1 heterocycles. The number of hydrogen-bond acceptors (Lipinski definition) is 2. The maximum atomic E-state index is 13.0.